The smallest absolute Gasteiger partial charge is 0.272 e. The summed E-state index contributed by atoms with van der Waals surface area (Å²) in [7, 11) is 0. The minimum absolute atomic E-state index is 0.181. The van der Waals surface area contributed by atoms with Gasteiger partial charge < -0.3 is 45.8 Å². The van der Waals surface area contributed by atoms with E-state index in [0.29, 0.717) is 76.4 Å². The summed E-state index contributed by atoms with van der Waals surface area (Å²) >= 11 is 5.95. The van der Waals surface area contributed by atoms with Crippen molar-refractivity contribution in [3.63, 3.8) is 0 Å². The van der Waals surface area contributed by atoms with Crippen LogP contribution in [0, 0.1) is 12.7 Å². The van der Waals surface area contributed by atoms with Crippen molar-refractivity contribution < 1.29 is 38.1 Å². The zero-order valence-electron chi connectivity index (χ0n) is 42.4. The number of benzene rings is 8. The molecular formula is C63H54ClFN6O7. The van der Waals surface area contributed by atoms with Gasteiger partial charge in [0, 0.05) is 63.9 Å². The van der Waals surface area contributed by atoms with E-state index >= 15 is 0 Å². The van der Waals surface area contributed by atoms with Crippen LogP contribution in [0.4, 0.5) is 15.8 Å². The second-order valence-electron chi connectivity index (χ2n) is 18.3. The lowest BCUT2D eigenvalue weighted by Crippen LogP contribution is -2.23. The number of fused-ring (bicyclic) bond motifs is 2. The van der Waals surface area contributed by atoms with Gasteiger partial charge in [0.25, 0.3) is 23.6 Å². The number of anilines is 2. The number of para-hydroxylation sites is 2. The molecule has 10 rings (SSSR count). The summed E-state index contributed by atoms with van der Waals surface area (Å²) in [5.41, 5.74) is 9.23. The number of nitrogens with one attached hydrogen (secondary N) is 6. The summed E-state index contributed by atoms with van der Waals surface area (Å²) in [6.45, 7) is 3.30. The maximum Gasteiger partial charge on any atom is 0.272 e. The van der Waals surface area contributed by atoms with Crippen molar-refractivity contribution in [2.24, 2.45) is 0 Å². The van der Waals surface area contributed by atoms with Crippen LogP contribution in [0.1, 0.15) is 69.5 Å². The van der Waals surface area contributed by atoms with Crippen molar-refractivity contribution in [1.82, 2.24) is 20.6 Å². The van der Waals surface area contributed by atoms with E-state index in [1.165, 1.54) is 17.7 Å². The quantitative estimate of drug-likeness (QED) is 0.0445. The molecule has 0 spiro atoms. The molecule has 78 heavy (non-hydrogen) atoms. The first-order valence-electron chi connectivity index (χ1n) is 25.1. The number of halogens is 2. The van der Waals surface area contributed by atoms with Crippen molar-refractivity contribution in [3.8, 4) is 17.2 Å². The molecule has 0 atom stereocenters. The summed E-state index contributed by atoms with van der Waals surface area (Å²) in [4.78, 5) is 58.2. The lowest BCUT2D eigenvalue weighted by atomic mass is 10.1. The van der Waals surface area contributed by atoms with Gasteiger partial charge in [-0.3, -0.25) is 19.2 Å². The Balaban J connectivity index is 0.000000190. The number of carbonyl (C=O) groups is 4. The minimum atomic E-state index is -0.344. The zero-order chi connectivity index (χ0) is 54.4. The van der Waals surface area contributed by atoms with Crippen molar-refractivity contribution in [1.29, 1.82) is 0 Å². The number of hydrogen-bond donors (Lipinski definition) is 7. The Morgan fingerprint density at radius 3 is 1.38 bits per heavy atom. The van der Waals surface area contributed by atoms with Crippen LogP contribution in [-0.2, 0) is 25.9 Å². The molecule has 2 aromatic heterocycles. The van der Waals surface area contributed by atoms with E-state index in [-0.39, 0.29) is 48.3 Å². The molecule has 4 amide bonds. The average Bonchev–Trinajstić information content (AvgIpc) is 4.13. The van der Waals surface area contributed by atoms with Crippen LogP contribution in [0.15, 0.2) is 194 Å². The normalized spacial score (nSPS) is 10.8. The van der Waals surface area contributed by atoms with Gasteiger partial charge in [-0.2, -0.15) is 0 Å². The minimum Gasteiger partial charge on any atom is -0.508 e. The summed E-state index contributed by atoms with van der Waals surface area (Å²) in [5, 5.41) is 23.6. The molecule has 0 aliphatic rings. The maximum atomic E-state index is 13.2. The number of phenols is 1. The molecule has 2 heterocycles. The number of aromatic nitrogens is 2. The van der Waals surface area contributed by atoms with Crippen LogP contribution in [0.3, 0.4) is 0 Å². The van der Waals surface area contributed by atoms with E-state index in [2.05, 4.69) is 55.5 Å². The molecule has 0 saturated heterocycles. The second-order valence-corrected chi connectivity index (χ2v) is 18.8. The molecule has 10 aromatic rings. The number of amides is 4. The average molecular weight is 1060 g/mol. The Morgan fingerprint density at radius 1 is 0.500 bits per heavy atom. The number of aromatic amines is 2. The van der Waals surface area contributed by atoms with Gasteiger partial charge in [-0.25, -0.2) is 4.39 Å². The van der Waals surface area contributed by atoms with Crippen LogP contribution in [-0.4, -0.2) is 51.9 Å². The van der Waals surface area contributed by atoms with E-state index < -0.39 is 0 Å². The monoisotopic (exact) mass is 1060 g/mol. The van der Waals surface area contributed by atoms with Gasteiger partial charge in [0.15, 0.2) is 0 Å². The fraction of sp³-hybridized carbons (Fsp3) is 0.111. The Hall–Kier alpha value is -9.66. The molecule has 0 radical (unpaired) electrons. The van der Waals surface area contributed by atoms with Gasteiger partial charge in [0.2, 0.25) is 0 Å². The zero-order valence-corrected chi connectivity index (χ0v) is 43.1. The second kappa shape index (κ2) is 25.2. The molecule has 0 aliphatic carbocycles. The van der Waals surface area contributed by atoms with Crippen molar-refractivity contribution in [3.05, 3.63) is 255 Å². The number of ether oxygens (including phenoxy) is 2. The number of H-pyrrole nitrogens is 2. The predicted octanol–water partition coefficient (Wildman–Crippen LogP) is 12.7. The maximum absolute atomic E-state index is 13.2. The molecule has 0 fully saturated rings. The molecule has 8 aromatic carbocycles. The van der Waals surface area contributed by atoms with Gasteiger partial charge in [-0.1, -0.05) is 114 Å². The topological polar surface area (TPSA) is 187 Å². The summed E-state index contributed by atoms with van der Waals surface area (Å²) < 4.78 is 25.3. The third-order valence-electron chi connectivity index (χ3n) is 12.6. The van der Waals surface area contributed by atoms with Crippen LogP contribution >= 0.6 is 11.6 Å². The number of phenolic OH excluding ortho intramolecular Hbond substituents is 1. The molecule has 15 heteroatoms. The van der Waals surface area contributed by atoms with E-state index in [0.717, 1.165) is 44.1 Å². The first-order valence-corrected chi connectivity index (χ1v) is 25.5. The first-order chi connectivity index (χ1) is 37.9. The summed E-state index contributed by atoms with van der Waals surface area (Å²) in [6, 6.07) is 57.0. The standard InChI is InChI=1S/C32H28ClN3O3.C31H26FN3O4/c1-21-6-8-22(9-7-21)16-17-39-30-19-25(31(37)34-20-23-10-13-26(33)14-11-23)12-15-28(30)36-32(38)29-18-24-4-2-3-5-27(24)35-29;32-24-10-5-21(6-11-24)19-33-30(37)23-9-14-27(29(18-23)39-16-15-20-7-12-25(36)13-8-20)35-31(38)28-17-22-3-1-2-4-26(22)34-28/h2-15,18-19,35H,16-17,20H2,1H3,(H,34,37)(H,36,38);1-14,17-18,34,36H,15-16,19H2,(H,33,37)(H,35,38). The number of aryl methyl sites for hydroxylation is 1. The van der Waals surface area contributed by atoms with Gasteiger partial charge >= 0.3 is 0 Å². The lowest BCUT2D eigenvalue weighted by molar-refractivity contribution is 0.0942. The Morgan fingerprint density at radius 2 is 0.923 bits per heavy atom. The van der Waals surface area contributed by atoms with Crippen LogP contribution in [0.5, 0.6) is 17.2 Å². The fourth-order valence-electron chi connectivity index (χ4n) is 8.29. The molecule has 0 aliphatic heterocycles. The SMILES string of the molecule is Cc1ccc(CCOc2cc(C(=O)NCc3ccc(Cl)cc3)ccc2NC(=O)c2cc3ccccc3[nH]2)cc1.O=C(NCc1ccc(F)cc1)c1ccc(NC(=O)c2cc3ccccc3[nH]2)c(OCCc2ccc(O)cc2)c1. The van der Waals surface area contributed by atoms with Crippen molar-refractivity contribution >= 4 is 68.4 Å². The van der Waals surface area contributed by atoms with Crippen molar-refractivity contribution in [2.75, 3.05) is 23.8 Å². The largest absolute Gasteiger partial charge is 0.508 e. The first kappa shape index (κ1) is 53.2. The highest BCUT2D eigenvalue weighted by Gasteiger charge is 2.18. The van der Waals surface area contributed by atoms with Crippen LogP contribution in [0.2, 0.25) is 5.02 Å². The number of hydrogen-bond acceptors (Lipinski definition) is 7. The Bertz CT molecular complexity index is 3400. The molecule has 13 nitrogen and oxygen atoms in total. The highest BCUT2D eigenvalue weighted by atomic mass is 35.5. The molecular weight excluding hydrogens is 1010 g/mol. The van der Waals surface area contributed by atoms with Gasteiger partial charge in [0.1, 0.15) is 34.5 Å². The number of carbonyl (C=O) groups excluding carboxylic acids is 4. The van der Waals surface area contributed by atoms with E-state index in [9.17, 15) is 28.7 Å². The predicted molar refractivity (Wildman–Crippen MR) is 303 cm³/mol. The fourth-order valence-corrected chi connectivity index (χ4v) is 8.42. The van der Waals surface area contributed by atoms with Crippen LogP contribution < -0.4 is 30.7 Å². The molecule has 392 valence electrons. The van der Waals surface area contributed by atoms with E-state index in [1.807, 2.05) is 67.6 Å². The molecule has 0 bridgehead atoms. The van der Waals surface area contributed by atoms with Crippen molar-refractivity contribution in [2.45, 2.75) is 32.9 Å². The molecule has 0 saturated carbocycles. The number of aromatic hydroxyl groups is 1. The van der Waals surface area contributed by atoms with Crippen LogP contribution in [0.25, 0.3) is 21.8 Å². The highest BCUT2D eigenvalue weighted by Crippen LogP contribution is 2.30. The van der Waals surface area contributed by atoms with Gasteiger partial charge in [0.05, 0.1) is 24.6 Å². The highest BCUT2D eigenvalue weighted by molar-refractivity contribution is 6.30. The van der Waals surface area contributed by atoms with Gasteiger partial charge in [-0.15, -0.1) is 0 Å². The van der Waals surface area contributed by atoms with E-state index in [4.69, 9.17) is 21.1 Å². The van der Waals surface area contributed by atoms with Gasteiger partial charge in [-0.05, 0) is 126 Å². The molecule has 0 unspecified atom stereocenters. The molecule has 7 N–H and O–H groups in total. The number of rotatable bonds is 18. The van der Waals surface area contributed by atoms with E-state index in [1.54, 1.807) is 97.1 Å². The third-order valence-corrected chi connectivity index (χ3v) is 12.9. The third kappa shape index (κ3) is 14.4. The Labute approximate surface area is 454 Å². The lowest BCUT2D eigenvalue weighted by Gasteiger charge is -2.14. The Kier molecular flexibility index (Phi) is 17.2. The summed E-state index contributed by atoms with van der Waals surface area (Å²) in [5.74, 6) is -0.626. The summed E-state index contributed by atoms with van der Waals surface area (Å²) in [6.07, 6.45) is 1.24.